The Hall–Kier alpha value is -1.44. The molecule has 0 atom stereocenters. The summed E-state index contributed by atoms with van der Waals surface area (Å²) in [5, 5.41) is 8.72. The van der Waals surface area contributed by atoms with Crippen LogP contribution in [0, 0.1) is 17.1 Å². The molecule has 0 fully saturated rings. The minimum absolute atomic E-state index is 0.148. The molecule has 1 rings (SSSR count). The fourth-order valence-electron chi connectivity index (χ4n) is 1.34. The van der Waals surface area contributed by atoms with E-state index >= 15 is 0 Å². The van der Waals surface area contributed by atoms with Crippen molar-refractivity contribution in [1.29, 1.82) is 5.26 Å². The van der Waals surface area contributed by atoms with Gasteiger partial charge in [0.05, 0.1) is 37.1 Å². The molecule has 0 saturated carbocycles. The third-order valence-electron chi connectivity index (χ3n) is 2.20. The summed E-state index contributed by atoms with van der Waals surface area (Å²) in [6.45, 7) is 6.89. The zero-order valence-electron chi connectivity index (χ0n) is 11.0. The molecule has 18 heavy (non-hydrogen) atoms. The SMILES string of the molecule is CC(C)(C)OCCOCc1cc(C#N)ccc1F. The van der Waals surface area contributed by atoms with Crippen LogP contribution >= 0.6 is 0 Å². The summed E-state index contributed by atoms with van der Waals surface area (Å²) in [5.41, 5.74) is 0.626. The van der Waals surface area contributed by atoms with Crippen molar-refractivity contribution in [3.8, 4) is 6.07 Å². The summed E-state index contributed by atoms with van der Waals surface area (Å²) < 4.78 is 24.2. The Morgan fingerprint density at radius 1 is 1.28 bits per heavy atom. The average Bonchev–Trinajstić information content (AvgIpc) is 2.29. The minimum Gasteiger partial charge on any atom is -0.374 e. The summed E-state index contributed by atoms with van der Waals surface area (Å²) in [6.07, 6.45) is 0. The first-order chi connectivity index (χ1) is 8.42. The summed E-state index contributed by atoms with van der Waals surface area (Å²) >= 11 is 0. The monoisotopic (exact) mass is 251 g/mol. The molecule has 1 aromatic carbocycles. The third kappa shape index (κ3) is 5.26. The van der Waals surface area contributed by atoms with Gasteiger partial charge >= 0.3 is 0 Å². The van der Waals surface area contributed by atoms with Crippen LogP contribution in [0.4, 0.5) is 4.39 Å². The molecule has 0 aliphatic rings. The van der Waals surface area contributed by atoms with Crippen LogP contribution in [0.2, 0.25) is 0 Å². The van der Waals surface area contributed by atoms with E-state index in [1.807, 2.05) is 26.8 Å². The number of nitriles is 1. The Bertz CT molecular complexity index is 432. The van der Waals surface area contributed by atoms with E-state index in [1.165, 1.54) is 18.2 Å². The Kier molecular flexibility index (Phi) is 5.26. The van der Waals surface area contributed by atoms with Crippen molar-refractivity contribution in [1.82, 2.24) is 0 Å². The quantitative estimate of drug-likeness (QED) is 0.755. The summed E-state index contributed by atoms with van der Waals surface area (Å²) in [7, 11) is 0. The molecule has 0 aliphatic heterocycles. The smallest absolute Gasteiger partial charge is 0.128 e. The summed E-state index contributed by atoms with van der Waals surface area (Å²) in [4.78, 5) is 0. The van der Waals surface area contributed by atoms with Crippen LogP contribution in [-0.4, -0.2) is 18.8 Å². The number of hydrogen-bond donors (Lipinski definition) is 0. The molecule has 0 unspecified atom stereocenters. The van der Waals surface area contributed by atoms with Crippen LogP contribution in [0.3, 0.4) is 0 Å². The number of nitrogens with zero attached hydrogens (tertiary/aromatic N) is 1. The molecule has 0 heterocycles. The topological polar surface area (TPSA) is 42.2 Å². The Morgan fingerprint density at radius 3 is 2.61 bits per heavy atom. The van der Waals surface area contributed by atoms with Gasteiger partial charge in [0.25, 0.3) is 0 Å². The molecular weight excluding hydrogens is 233 g/mol. The maximum atomic E-state index is 13.4. The first-order valence-electron chi connectivity index (χ1n) is 5.82. The van der Waals surface area contributed by atoms with Crippen molar-refractivity contribution in [2.45, 2.75) is 33.0 Å². The highest BCUT2D eigenvalue weighted by Gasteiger charge is 2.09. The van der Waals surface area contributed by atoms with Crippen LogP contribution in [0.15, 0.2) is 18.2 Å². The van der Waals surface area contributed by atoms with Crippen LogP contribution < -0.4 is 0 Å². The molecule has 0 aromatic heterocycles. The fraction of sp³-hybridized carbons (Fsp3) is 0.500. The van der Waals surface area contributed by atoms with Crippen molar-refractivity contribution < 1.29 is 13.9 Å². The average molecular weight is 251 g/mol. The number of halogens is 1. The van der Waals surface area contributed by atoms with E-state index in [9.17, 15) is 4.39 Å². The lowest BCUT2D eigenvalue weighted by Crippen LogP contribution is -2.21. The van der Waals surface area contributed by atoms with Crippen LogP contribution in [0.1, 0.15) is 31.9 Å². The van der Waals surface area contributed by atoms with Crippen molar-refractivity contribution >= 4 is 0 Å². The Balaban J connectivity index is 2.38. The zero-order chi connectivity index (χ0) is 13.6. The molecule has 0 radical (unpaired) electrons. The highest BCUT2D eigenvalue weighted by molar-refractivity contribution is 5.33. The molecule has 4 heteroatoms. The van der Waals surface area contributed by atoms with Gasteiger partial charge in [0.2, 0.25) is 0 Å². The summed E-state index contributed by atoms with van der Waals surface area (Å²) in [5.74, 6) is -0.356. The molecule has 0 N–H and O–H groups in total. The molecular formula is C14H18FNO2. The number of ether oxygens (including phenoxy) is 2. The highest BCUT2D eigenvalue weighted by Crippen LogP contribution is 2.11. The van der Waals surface area contributed by atoms with Crippen LogP contribution in [0.5, 0.6) is 0 Å². The van der Waals surface area contributed by atoms with E-state index in [1.54, 1.807) is 0 Å². The minimum atomic E-state index is -0.356. The van der Waals surface area contributed by atoms with Gasteiger partial charge in [-0.1, -0.05) is 0 Å². The maximum Gasteiger partial charge on any atom is 0.128 e. The number of benzene rings is 1. The van der Waals surface area contributed by atoms with Gasteiger partial charge in [-0.3, -0.25) is 0 Å². The van der Waals surface area contributed by atoms with Crippen molar-refractivity contribution in [2.75, 3.05) is 13.2 Å². The molecule has 0 aliphatic carbocycles. The van der Waals surface area contributed by atoms with E-state index in [4.69, 9.17) is 14.7 Å². The van der Waals surface area contributed by atoms with Gasteiger partial charge in [0.1, 0.15) is 5.82 Å². The van der Waals surface area contributed by atoms with Gasteiger partial charge in [-0.15, -0.1) is 0 Å². The number of hydrogen-bond acceptors (Lipinski definition) is 3. The molecule has 98 valence electrons. The first kappa shape index (κ1) is 14.6. The molecule has 0 spiro atoms. The summed E-state index contributed by atoms with van der Waals surface area (Å²) in [6, 6.07) is 6.20. The zero-order valence-corrected chi connectivity index (χ0v) is 11.0. The molecule has 1 aromatic rings. The molecule has 3 nitrogen and oxygen atoms in total. The Morgan fingerprint density at radius 2 is 2.00 bits per heavy atom. The standard InChI is InChI=1S/C14H18FNO2/c1-14(2,3)18-7-6-17-10-12-8-11(9-16)4-5-13(12)15/h4-5,8H,6-7,10H2,1-3H3. The normalized spacial score (nSPS) is 11.3. The van der Waals surface area contributed by atoms with Crippen molar-refractivity contribution in [3.63, 3.8) is 0 Å². The lowest BCUT2D eigenvalue weighted by Gasteiger charge is -2.19. The van der Waals surface area contributed by atoms with Crippen LogP contribution in [-0.2, 0) is 16.1 Å². The van der Waals surface area contributed by atoms with Gasteiger partial charge < -0.3 is 9.47 Å². The Labute approximate surface area is 107 Å². The highest BCUT2D eigenvalue weighted by atomic mass is 19.1. The second kappa shape index (κ2) is 6.48. The molecule has 0 amide bonds. The van der Waals surface area contributed by atoms with E-state index < -0.39 is 0 Å². The van der Waals surface area contributed by atoms with Gasteiger partial charge in [-0.25, -0.2) is 4.39 Å². The fourth-order valence-corrected chi connectivity index (χ4v) is 1.34. The van der Waals surface area contributed by atoms with Crippen LogP contribution in [0.25, 0.3) is 0 Å². The van der Waals surface area contributed by atoms with Gasteiger partial charge in [0.15, 0.2) is 0 Å². The predicted octanol–water partition coefficient (Wildman–Crippen LogP) is 3.03. The van der Waals surface area contributed by atoms with Gasteiger partial charge in [-0.05, 0) is 39.0 Å². The second-order valence-electron chi connectivity index (χ2n) is 4.93. The van der Waals surface area contributed by atoms with E-state index in [0.29, 0.717) is 24.3 Å². The lowest BCUT2D eigenvalue weighted by atomic mass is 10.1. The van der Waals surface area contributed by atoms with Crippen molar-refractivity contribution in [2.24, 2.45) is 0 Å². The predicted molar refractivity (Wildman–Crippen MR) is 66.5 cm³/mol. The van der Waals surface area contributed by atoms with Gasteiger partial charge in [-0.2, -0.15) is 5.26 Å². The van der Waals surface area contributed by atoms with E-state index in [2.05, 4.69) is 0 Å². The number of rotatable bonds is 5. The lowest BCUT2D eigenvalue weighted by molar-refractivity contribution is -0.0379. The third-order valence-corrected chi connectivity index (χ3v) is 2.20. The van der Waals surface area contributed by atoms with Gasteiger partial charge in [0, 0.05) is 5.56 Å². The van der Waals surface area contributed by atoms with E-state index in [0.717, 1.165) is 0 Å². The molecule has 0 bridgehead atoms. The van der Waals surface area contributed by atoms with Crippen molar-refractivity contribution in [3.05, 3.63) is 35.1 Å². The largest absolute Gasteiger partial charge is 0.374 e. The molecule has 0 saturated heterocycles. The maximum absolute atomic E-state index is 13.4. The first-order valence-corrected chi connectivity index (χ1v) is 5.82. The second-order valence-corrected chi connectivity index (χ2v) is 4.93. The van der Waals surface area contributed by atoms with E-state index in [-0.39, 0.29) is 18.0 Å².